The minimum absolute atomic E-state index is 0.0867. The number of amides is 1. The number of imidazole rings is 1. The lowest BCUT2D eigenvalue weighted by Crippen LogP contribution is -2.22. The first-order valence-corrected chi connectivity index (χ1v) is 12.5. The van der Waals surface area contributed by atoms with Crippen molar-refractivity contribution in [3.63, 3.8) is 0 Å². The van der Waals surface area contributed by atoms with Gasteiger partial charge in [-0.05, 0) is 30.3 Å². The number of hydrogen-bond donors (Lipinski definition) is 3. The summed E-state index contributed by atoms with van der Waals surface area (Å²) in [5, 5.41) is 3.19. The fourth-order valence-electron chi connectivity index (χ4n) is 3.89. The van der Waals surface area contributed by atoms with Crippen molar-refractivity contribution in [2.45, 2.75) is 0 Å². The number of nitrogens with one attached hydrogen (secondary N) is 1. The van der Waals surface area contributed by atoms with Gasteiger partial charge in [0.15, 0.2) is 11.6 Å². The average molecular weight is 546 g/mol. The number of anilines is 4. The maximum absolute atomic E-state index is 12.8. The van der Waals surface area contributed by atoms with Crippen LogP contribution in [0.4, 0.5) is 23.0 Å². The van der Waals surface area contributed by atoms with Crippen LogP contribution in [0.3, 0.4) is 0 Å². The second-order valence-corrected chi connectivity index (χ2v) is 9.01. The molecule has 2 aromatic heterocycles. The topological polar surface area (TPSA) is 158 Å². The smallest absolute Gasteiger partial charge is 0.268 e. The van der Waals surface area contributed by atoms with Crippen LogP contribution < -0.4 is 24.8 Å². The van der Waals surface area contributed by atoms with Gasteiger partial charge >= 0.3 is 0 Å². The van der Waals surface area contributed by atoms with Gasteiger partial charge in [-0.3, -0.25) is 9.35 Å². The maximum atomic E-state index is 12.8. The highest BCUT2D eigenvalue weighted by Gasteiger charge is 2.24. The summed E-state index contributed by atoms with van der Waals surface area (Å²) in [5.74, 6) is 0.725. The van der Waals surface area contributed by atoms with Gasteiger partial charge in [-0.1, -0.05) is 18.2 Å². The first-order valence-electron chi connectivity index (χ1n) is 11.5. The molecule has 0 fully saturated rings. The Hall–Kier alpha value is -5.01. The lowest BCUT2D eigenvalue weighted by atomic mass is 10.2. The van der Waals surface area contributed by atoms with Crippen LogP contribution in [0.25, 0.3) is 16.7 Å². The number of fused-ring (bicyclic) bond motifs is 1. The number of primary amides is 1. The van der Waals surface area contributed by atoms with Crippen LogP contribution in [0.2, 0.25) is 0 Å². The number of methoxy groups -OCH3 is 2. The number of hydrogen-bond acceptors (Lipinski definition) is 8. The molecule has 0 saturated carbocycles. The SMILES string of the molecule is COc1cc(Nc2nc3ccccc3nc2N(c2cccc(-n3cnc(C(N)=O)c3)c2)S(=O)O)cc(OC)c1. The lowest BCUT2D eigenvalue weighted by molar-refractivity contribution is 0.0996. The van der Waals surface area contributed by atoms with Crippen LogP contribution in [0.5, 0.6) is 11.5 Å². The Morgan fingerprint density at radius 2 is 1.69 bits per heavy atom. The molecule has 1 unspecified atom stereocenters. The number of benzene rings is 3. The first-order chi connectivity index (χ1) is 18.9. The molecule has 0 saturated heterocycles. The maximum Gasteiger partial charge on any atom is 0.268 e. The van der Waals surface area contributed by atoms with E-state index in [1.807, 2.05) is 6.07 Å². The third kappa shape index (κ3) is 5.35. The van der Waals surface area contributed by atoms with Gasteiger partial charge in [0.05, 0.1) is 30.9 Å². The zero-order chi connectivity index (χ0) is 27.5. The molecule has 5 rings (SSSR count). The van der Waals surface area contributed by atoms with Crippen LogP contribution in [0.15, 0.2) is 79.3 Å². The number of ether oxygens (including phenoxy) is 2. The van der Waals surface area contributed by atoms with Gasteiger partial charge < -0.3 is 25.1 Å². The third-order valence-corrected chi connectivity index (χ3v) is 6.41. The van der Waals surface area contributed by atoms with E-state index in [9.17, 15) is 13.6 Å². The van der Waals surface area contributed by atoms with E-state index in [0.29, 0.717) is 39.6 Å². The zero-order valence-corrected chi connectivity index (χ0v) is 21.6. The Bertz CT molecular complexity index is 1690. The van der Waals surface area contributed by atoms with Gasteiger partial charge in [0.1, 0.15) is 23.5 Å². The fraction of sp³-hybridized carbons (Fsp3) is 0.0769. The molecule has 1 atom stereocenters. The summed E-state index contributed by atoms with van der Waals surface area (Å²) >= 11 is -2.55. The van der Waals surface area contributed by atoms with E-state index in [1.165, 1.54) is 26.7 Å². The van der Waals surface area contributed by atoms with Crippen molar-refractivity contribution in [1.29, 1.82) is 0 Å². The Balaban J connectivity index is 1.64. The summed E-state index contributed by atoms with van der Waals surface area (Å²) in [6, 6.07) is 19.1. The number of para-hydroxylation sites is 2. The molecule has 39 heavy (non-hydrogen) atoms. The fourth-order valence-corrected chi connectivity index (χ4v) is 4.46. The Morgan fingerprint density at radius 1 is 1.00 bits per heavy atom. The summed E-state index contributed by atoms with van der Waals surface area (Å²) in [4.78, 5) is 24.9. The van der Waals surface area contributed by atoms with Gasteiger partial charge in [0.2, 0.25) is 0 Å². The molecule has 0 spiro atoms. The quantitative estimate of drug-likeness (QED) is 0.233. The minimum Gasteiger partial charge on any atom is -0.497 e. The monoisotopic (exact) mass is 545 g/mol. The highest BCUT2D eigenvalue weighted by molar-refractivity contribution is 7.81. The van der Waals surface area contributed by atoms with Crippen LogP contribution in [-0.4, -0.2) is 48.4 Å². The van der Waals surface area contributed by atoms with Crippen LogP contribution >= 0.6 is 0 Å². The molecule has 5 aromatic rings. The Kier molecular flexibility index (Phi) is 7.08. The van der Waals surface area contributed by atoms with Gasteiger partial charge in [0.25, 0.3) is 17.2 Å². The van der Waals surface area contributed by atoms with Gasteiger partial charge in [-0.2, -0.15) is 0 Å². The van der Waals surface area contributed by atoms with E-state index in [4.69, 9.17) is 20.2 Å². The van der Waals surface area contributed by atoms with E-state index in [2.05, 4.69) is 15.3 Å². The molecule has 198 valence electrons. The summed E-state index contributed by atoms with van der Waals surface area (Å²) in [7, 11) is 3.08. The number of nitrogens with two attached hydrogens (primary N) is 1. The molecule has 0 aliphatic heterocycles. The van der Waals surface area contributed by atoms with Crippen LogP contribution in [-0.2, 0) is 11.3 Å². The number of aromatic nitrogens is 4. The molecule has 0 radical (unpaired) electrons. The van der Waals surface area contributed by atoms with Crippen molar-refractivity contribution in [1.82, 2.24) is 19.5 Å². The Labute approximate surface area is 225 Å². The van der Waals surface area contributed by atoms with Crippen LogP contribution in [0, 0.1) is 0 Å². The van der Waals surface area contributed by atoms with E-state index in [-0.39, 0.29) is 17.3 Å². The number of rotatable bonds is 9. The molecule has 0 aliphatic rings. The van der Waals surface area contributed by atoms with Crippen LogP contribution in [0.1, 0.15) is 10.5 Å². The van der Waals surface area contributed by atoms with Crippen molar-refractivity contribution in [3.05, 3.63) is 84.9 Å². The lowest BCUT2D eigenvalue weighted by Gasteiger charge is -2.23. The molecule has 13 heteroatoms. The molecule has 12 nitrogen and oxygen atoms in total. The first kappa shape index (κ1) is 25.6. The van der Waals surface area contributed by atoms with E-state index < -0.39 is 17.2 Å². The predicted molar refractivity (Wildman–Crippen MR) is 147 cm³/mol. The molecule has 0 aliphatic carbocycles. The zero-order valence-electron chi connectivity index (χ0n) is 20.8. The van der Waals surface area contributed by atoms with Crippen molar-refractivity contribution in [3.8, 4) is 17.2 Å². The van der Waals surface area contributed by atoms with Crippen molar-refractivity contribution >= 4 is 51.2 Å². The average Bonchev–Trinajstić information content (AvgIpc) is 3.44. The normalized spacial score (nSPS) is 11.7. The van der Waals surface area contributed by atoms with Gasteiger partial charge in [-0.15, -0.1) is 0 Å². The summed E-state index contributed by atoms with van der Waals surface area (Å²) < 4.78 is 36.7. The second kappa shape index (κ2) is 10.8. The largest absolute Gasteiger partial charge is 0.497 e. The molecule has 0 bridgehead atoms. The molecular weight excluding hydrogens is 522 g/mol. The number of carbonyl (C=O) groups excluding carboxylic acids is 1. The second-order valence-electron chi connectivity index (χ2n) is 8.19. The summed E-state index contributed by atoms with van der Waals surface area (Å²) in [6.45, 7) is 0. The predicted octanol–water partition coefficient (Wildman–Crippen LogP) is 3.95. The minimum atomic E-state index is -2.55. The molecule has 1 amide bonds. The van der Waals surface area contributed by atoms with Crippen molar-refractivity contribution < 1.29 is 23.0 Å². The van der Waals surface area contributed by atoms with E-state index in [1.54, 1.807) is 65.2 Å². The molecule has 3 aromatic carbocycles. The highest BCUT2D eigenvalue weighted by atomic mass is 32.2. The van der Waals surface area contributed by atoms with E-state index in [0.717, 1.165) is 4.31 Å². The van der Waals surface area contributed by atoms with Gasteiger partial charge in [-0.25, -0.2) is 23.5 Å². The highest BCUT2D eigenvalue weighted by Crippen LogP contribution is 2.36. The van der Waals surface area contributed by atoms with Crippen molar-refractivity contribution in [2.75, 3.05) is 23.8 Å². The molecule has 2 heterocycles. The molecule has 4 N–H and O–H groups in total. The van der Waals surface area contributed by atoms with Gasteiger partial charge in [0, 0.05) is 35.8 Å². The summed E-state index contributed by atoms with van der Waals surface area (Å²) in [6.07, 6.45) is 2.90. The molecular formula is C26H23N7O5S. The number of nitrogens with zero attached hydrogens (tertiary/aromatic N) is 5. The standard InChI is InChI=1S/C26H23N7O5S/c1-37-19-10-16(11-20(13-19)38-2)29-25-26(31-22-9-4-3-8-21(22)30-25)33(39(35)36)18-7-5-6-17(12-18)32-14-23(24(27)34)28-15-32/h3-15H,1-2H3,(H2,27,34)(H,29,30)(H,35,36). The Morgan fingerprint density at radius 3 is 2.31 bits per heavy atom. The van der Waals surface area contributed by atoms with Crippen molar-refractivity contribution in [2.24, 2.45) is 5.73 Å². The summed E-state index contributed by atoms with van der Waals surface area (Å²) in [5.41, 5.74) is 7.98. The van der Waals surface area contributed by atoms with E-state index >= 15 is 0 Å². The third-order valence-electron chi connectivity index (χ3n) is 5.71. The number of carbonyl (C=O) groups is 1.